The van der Waals surface area contributed by atoms with Crippen molar-refractivity contribution in [2.45, 2.75) is 57.1 Å². The number of thiophene rings is 1. The largest absolute Gasteiger partial charge is 0.487 e. The van der Waals surface area contributed by atoms with E-state index < -0.39 is 46.5 Å². The summed E-state index contributed by atoms with van der Waals surface area (Å²) >= 11 is 0.503. The minimum Gasteiger partial charge on any atom is -0.487 e. The molecule has 1 unspecified atom stereocenters. The van der Waals surface area contributed by atoms with Crippen LogP contribution in [-0.2, 0) is 12.4 Å². The van der Waals surface area contributed by atoms with Gasteiger partial charge in [-0.15, -0.1) is 11.3 Å². The second-order valence-corrected chi connectivity index (χ2v) is 8.11. The summed E-state index contributed by atoms with van der Waals surface area (Å²) in [6.45, 7) is 2.07. The smallest absolute Gasteiger partial charge is 0.425 e. The van der Waals surface area contributed by atoms with Crippen molar-refractivity contribution >= 4 is 17.2 Å². The van der Waals surface area contributed by atoms with E-state index in [4.69, 9.17) is 4.74 Å². The Balaban J connectivity index is 1.86. The van der Waals surface area contributed by atoms with E-state index in [9.17, 15) is 31.1 Å². The monoisotopic (exact) mass is 466 g/mol. The first-order valence-corrected chi connectivity index (χ1v) is 10.6. The minimum atomic E-state index is -4.74. The topological polar surface area (TPSA) is 42.4 Å². The number of hydrogen-bond donors (Lipinski definition) is 0. The fourth-order valence-electron chi connectivity index (χ4n) is 3.69. The van der Waals surface area contributed by atoms with Crippen molar-refractivity contribution in [1.82, 2.24) is 9.88 Å². The van der Waals surface area contributed by atoms with Gasteiger partial charge in [0.25, 0.3) is 5.91 Å². The molecule has 0 N–H and O–H groups in total. The van der Waals surface area contributed by atoms with E-state index in [1.165, 1.54) is 10.3 Å². The first-order valence-electron chi connectivity index (χ1n) is 9.68. The minimum absolute atomic E-state index is 0.0338. The van der Waals surface area contributed by atoms with Gasteiger partial charge in [0.1, 0.15) is 22.4 Å². The summed E-state index contributed by atoms with van der Waals surface area (Å²) < 4.78 is 84.5. The third-order valence-electron chi connectivity index (χ3n) is 5.02. The third kappa shape index (κ3) is 5.31. The molecule has 11 heteroatoms. The number of alkyl halides is 6. The van der Waals surface area contributed by atoms with E-state index in [-0.39, 0.29) is 12.3 Å². The van der Waals surface area contributed by atoms with E-state index in [1.807, 2.05) is 6.92 Å². The van der Waals surface area contributed by atoms with Crippen LogP contribution in [0.4, 0.5) is 26.3 Å². The van der Waals surface area contributed by atoms with Gasteiger partial charge in [0.2, 0.25) is 0 Å². The zero-order valence-corrected chi connectivity index (χ0v) is 17.3. The van der Waals surface area contributed by atoms with Crippen LogP contribution in [0.2, 0.25) is 0 Å². The van der Waals surface area contributed by atoms with Gasteiger partial charge in [-0.2, -0.15) is 26.3 Å². The zero-order chi connectivity index (χ0) is 22.8. The summed E-state index contributed by atoms with van der Waals surface area (Å²) in [5.74, 6) is -0.826. The van der Waals surface area contributed by atoms with Crippen LogP contribution in [0.5, 0.6) is 5.75 Å². The number of aromatic nitrogens is 1. The molecule has 2 aromatic rings. The highest BCUT2D eigenvalue weighted by atomic mass is 32.1. The summed E-state index contributed by atoms with van der Waals surface area (Å²) in [6.07, 6.45) is -6.78. The van der Waals surface area contributed by atoms with Crippen molar-refractivity contribution in [3.05, 3.63) is 45.9 Å². The number of halogens is 6. The Hall–Kier alpha value is -2.30. The average molecular weight is 466 g/mol. The summed E-state index contributed by atoms with van der Waals surface area (Å²) in [6, 6.07) is 2.23. The molecule has 1 aliphatic heterocycles. The molecule has 4 nitrogen and oxygen atoms in total. The number of piperidine rings is 1. The number of ether oxygens (including phenoxy) is 1. The Morgan fingerprint density at radius 2 is 2.00 bits per heavy atom. The lowest BCUT2D eigenvalue weighted by molar-refractivity contribution is -0.138. The highest BCUT2D eigenvalue weighted by Gasteiger charge is 2.41. The molecule has 170 valence electrons. The van der Waals surface area contributed by atoms with Crippen LogP contribution >= 0.6 is 11.3 Å². The molecule has 0 aromatic carbocycles. The molecule has 31 heavy (non-hydrogen) atoms. The fourth-order valence-corrected chi connectivity index (χ4v) is 4.38. The maximum atomic E-state index is 13.4. The van der Waals surface area contributed by atoms with E-state index in [0.29, 0.717) is 37.0 Å². The summed E-state index contributed by atoms with van der Waals surface area (Å²) in [5.41, 5.74) is -1.81. The van der Waals surface area contributed by atoms with E-state index >= 15 is 0 Å². The second kappa shape index (κ2) is 9.05. The number of likely N-dealkylation sites (tertiary alicyclic amines) is 1. The molecule has 0 radical (unpaired) electrons. The predicted molar refractivity (Wildman–Crippen MR) is 102 cm³/mol. The molecule has 2 atom stereocenters. The van der Waals surface area contributed by atoms with Crippen molar-refractivity contribution < 1.29 is 35.9 Å². The maximum Gasteiger partial charge on any atom is 0.425 e. The molecule has 0 saturated carbocycles. The lowest BCUT2D eigenvalue weighted by Gasteiger charge is -2.41. The average Bonchev–Trinajstić information content (AvgIpc) is 3.17. The number of carbonyl (C=O) groups excluding carboxylic acids is 1. The molecular formula is C20H20F6N2O2S. The molecule has 0 spiro atoms. The van der Waals surface area contributed by atoms with Crippen LogP contribution in [0.1, 0.15) is 53.5 Å². The molecule has 0 bridgehead atoms. The summed E-state index contributed by atoms with van der Waals surface area (Å²) in [7, 11) is 0. The van der Waals surface area contributed by atoms with Crippen molar-refractivity contribution in [3.8, 4) is 5.75 Å². The highest BCUT2D eigenvalue weighted by molar-refractivity contribution is 7.10. The number of nitrogens with zero attached hydrogens (tertiary/aromatic N) is 2. The maximum absolute atomic E-state index is 13.4. The standard InChI is InChI=1S/C20H20F6N2O2S/c1-2-5-14-15(30-12-10-16(31-11-12)20(24,25)26)7-4-9-28(14)18(29)17-13(19(21,22)23)6-3-8-27-17/h3,6,8,10-11,14-15H,2,4-5,7,9H2,1H3/t14-,15?/m1/s1. The first kappa shape index (κ1) is 23.4. The summed E-state index contributed by atoms with van der Waals surface area (Å²) in [4.78, 5) is 17.2. The predicted octanol–water partition coefficient (Wildman–Crippen LogP) is 6.03. The van der Waals surface area contributed by atoms with Crippen LogP contribution < -0.4 is 4.74 Å². The van der Waals surface area contributed by atoms with E-state index in [0.717, 1.165) is 24.4 Å². The van der Waals surface area contributed by atoms with Gasteiger partial charge in [0.05, 0.1) is 11.6 Å². The van der Waals surface area contributed by atoms with Gasteiger partial charge < -0.3 is 9.64 Å². The molecule has 1 amide bonds. The van der Waals surface area contributed by atoms with E-state index in [1.54, 1.807) is 0 Å². The fraction of sp³-hybridized carbons (Fsp3) is 0.500. The van der Waals surface area contributed by atoms with Gasteiger partial charge in [0, 0.05) is 24.2 Å². The molecule has 2 aromatic heterocycles. The first-order chi connectivity index (χ1) is 14.5. The Morgan fingerprint density at radius 1 is 1.26 bits per heavy atom. The van der Waals surface area contributed by atoms with Gasteiger partial charge in [-0.1, -0.05) is 13.3 Å². The molecule has 1 saturated heterocycles. The lowest BCUT2D eigenvalue weighted by atomic mass is 9.94. The second-order valence-electron chi connectivity index (χ2n) is 7.19. The summed E-state index contributed by atoms with van der Waals surface area (Å²) in [5, 5.41) is 1.24. The number of carbonyl (C=O) groups is 1. The Morgan fingerprint density at radius 3 is 2.61 bits per heavy atom. The number of rotatable bonds is 5. The zero-order valence-electron chi connectivity index (χ0n) is 16.5. The quantitative estimate of drug-likeness (QED) is 0.505. The van der Waals surface area contributed by atoms with Gasteiger partial charge >= 0.3 is 12.4 Å². The molecule has 1 fully saturated rings. The van der Waals surface area contributed by atoms with Crippen LogP contribution in [0.15, 0.2) is 29.8 Å². The molecule has 1 aliphatic rings. The van der Waals surface area contributed by atoms with Crippen LogP contribution in [0.25, 0.3) is 0 Å². The van der Waals surface area contributed by atoms with Gasteiger partial charge in [-0.05, 0) is 31.4 Å². The van der Waals surface area contributed by atoms with Crippen LogP contribution in [0.3, 0.4) is 0 Å². The molecular weight excluding hydrogens is 446 g/mol. The number of amides is 1. The Bertz CT molecular complexity index is 912. The van der Waals surface area contributed by atoms with Crippen LogP contribution in [0, 0.1) is 0 Å². The third-order valence-corrected chi connectivity index (χ3v) is 5.97. The Labute approximate surface area is 178 Å². The number of pyridine rings is 1. The van der Waals surface area contributed by atoms with Gasteiger partial charge in [0.15, 0.2) is 0 Å². The van der Waals surface area contributed by atoms with Crippen LogP contribution in [-0.4, -0.2) is 34.5 Å². The van der Waals surface area contributed by atoms with Crippen molar-refractivity contribution in [2.24, 2.45) is 0 Å². The van der Waals surface area contributed by atoms with Crippen molar-refractivity contribution in [1.29, 1.82) is 0 Å². The Kier molecular flexibility index (Phi) is 6.82. The van der Waals surface area contributed by atoms with Crippen molar-refractivity contribution in [3.63, 3.8) is 0 Å². The molecule has 3 heterocycles. The highest BCUT2D eigenvalue weighted by Crippen LogP contribution is 2.38. The lowest BCUT2D eigenvalue weighted by Crippen LogP contribution is -2.53. The number of hydrogen-bond acceptors (Lipinski definition) is 4. The van der Waals surface area contributed by atoms with E-state index in [2.05, 4.69) is 4.98 Å². The molecule has 3 rings (SSSR count). The van der Waals surface area contributed by atoms with Gasteiger partial charge in [-0.25, -0.2) is 0 Å². The SMILES string of the molecule is CCC[C@@H]1C(Oc2csc(C(F)(F)F)c2)CCCN1C(=O)c1ncccc1C(F)(F)F. The molecule has 0 aliphatic carbocycles. The van der Waals surface area contributed by atoms with Gasteiger partial charge in [-0.3, -0.25) is 9.78 Å². The normalized spacial score (nSPS) is 20.0. The van der Waals surface area contributed by atoms with Crippen molar-refractivity contribution in [2.75, 3.05) is 6.54 Å².